The lowest BCUT2D eigenvalue weighted by Crippen LogP contribution is -2.29. The van der Waals surface area contributed by atoms with Gasteiger partial charge in [0.2, 0.25) is 5.91 Å². The molecule has 1 unspecified atom stereocenters. The highest BCUT2D eigenvalue weighted by molar-refractivity contribution is 5.72. The van der Waals surface area contributed by atoms with Gasteiger partial charge in [-0.2, -0.15) is 0 Å². The van der Waals surface area contributed by atoms with E-state index in [9.17, 15) is 9.59 Å². The standard InChI is InChI=1S/C10H20N2O2.C2H4O2.CH5N/c1-9(14)11-7-5-4-6-10(8-13)12(2)3;1-2(3)4;1-2/h8,10H,4-7H2,1-3H3,(H,11,14);1H3,(H,3,4);2H2,1H3/i;2*1+1,2+1. The van der Waals surface area contributed by atoms with Crippen LogP contribution in [0.15, 0.2) is 0 Å². The molecule has 0 fully saturated rings. The Balaban J connectivity index is -0.000000410. The van der Waals surface area contributed by atoms with Crippen molar-refractivity contribution in [2.75, 3.05) is 27.7 Å². The summed E-state index contributed by atoms with van der Waals surface area (Å²) in [5.74, 6) is -0.829. The van der Waals surface area contributed by atoms with E-state index in [4.69, 9.17) is 9.90 Å². The van der Waals surface area contributed by atoms with Gasteiger partial charge in [0.05, 0.1) is 6.04 Å². The second-order valence-corrected chi connectivity index (χ2v) is 4.16. The predicted molar refractivity (Wildman–Crippen MR) is 79.5 cm³/mol. The van der Waals surface area contributed by atoms with Gasteiger partial charge >= 0.3 is 0 Å². The molecule has 4 N–H and O–H groups in total. The third-order valence-corrected chi connectivity index (χ3v) is 2.12. The molecule has 0 heterocycles. The number of rotatable bonds is 7. The fourth-order valence-electron chi connectivity index (χ4n) is 1.19. The van der Waals surface area contributed by atoms with Gasteiger partial charge in [-0.1, -0.05) is 0 Å². The van der Waals surface area contributed by atoms with Crippen LogP contribution in [0.4, 0.5) is 0 Å². The minimum atomic E-state index is -0.833. The number of hydrogen-bond acceptors (Lipinski definition) is 5. The zero-order chi connectivity index (χ0) is 16.6. The van der Waals surface area contributed by atoms with Crippen molar-refractivity contribution in [2.45, 2.75) is 39.2 Å². The number of hydrogen-bond donors (Lipinski definition) is 3. The molecule has 1 atom stereocenters. The summed E-state index contributed by atoms with van der Waals surface area (Å²) in [5, 5.41) is 10.1. The molecule has 7 nitrogen and oxygen atoms in total. The molecule has 20 heavy (non-hydrogen) atoms. The average Bonchev–Trinajstić information content (AvgIpc) is 2.34. The smallest absolute Gasteiger partial charge is 0.300 e. The zero-order valence-electron chi connectivity index (χ0n) is 13.2. The third kappa shape index (κ3) is 25.4. The predicted octanol–water partition coefficient (Wildman–Crippen LogP) is 0.0877. The summed E-state index contributed by atoms with van der Waals surface area (Å²) in [5.41, 5.74) is 4.50. The molecular formula is C13H29N3O4. The largest absolute Gasteiger partial charge is 0.481 e. The van der Waals surface area contributed by atoms with Crippen LogP contribution in [0.25, 0.3) is 0 Å². The van der Waals surface area contributed by atoms with Crippen molar-refractivity contribution >= 4 is 18.2 Å². The fourth-order valence-corrected chi connectivity index (χ4v) is 1.19. The van der Waals surface area contributed by atoms with E-state index in [1.165, 1.54) is 14.0 Å². The normalized spacial score (nSPS) is 10.3. The maximum atomic E-state index is 10.6. The first-order chi connectivity index (χ1) is 9.31. The van der Waals surface area contributed by atoms with Gasteiger partial charge in [0, 0.05) is 20.4 Å². The maximum absolute atomic E-state index is 10.6. The lowest BCUT2D eigenvalue weighted by Gasteiger charge is -2.17. The monoisotopic (exact) mass is 295 g/mol. The number of aldehydes is 1. The summed E-state index contributed by atoms with van der Waals surface area (Å²) in [7, 11) is 5.29. The average molecular weight is 295 g/mol. The minimum Gasteiger partial charge on any atom is -0.481 e. The number of carboxylic acids is 1. The number of carbonyl (C=O) groups is 3. The van der Waals surface area contributed by atoms with Crippen LogP contribution in [0.2, 0.25) is 0 Å². The first kappa shape index (κ1) is 23.6. The molecule has 0 aliphatic heterocycles. The summed E-state index contributed by atoms with van der Waals surface area (Å²) >= 11 is 0. The van der Waals surface area contributed by atoms with Crippen molar-refractivity contribution in [3.63, 3.8) is 0 Å². The molecule has 1 amide bonds. The van der Waals surface area contributed by atoms with Gasteiger partial charge in [0.15, 0.2) is 0 Å². The van der Waals surface area contributed by atoms with E-state index in [1.807, 2.05) is 19.0 Å². The van der Waals surface area contributed by atoms with Crippen LogP contribution in [-0.4, -0.2) is 61.9 Å². The first-order valence-corrected chi connectivity index (χ1v) is 6.44. The Labute approximate surface area is 121 Å². The lowest BCUT2D eigenvalue weighted by molar-refractivity contribution is -0.134. The number of amides is 1. The van der Waals surface area contributed by atoms with Crippen LogP contribution in [0, 0.1) is 0 Å². The molecule has 0 aliphatic carbocycles. The van der Waals surface area contributed by atoms with Crippen molar-refractivity contribution in [2.24, 2.45) is 5.73 Å². The molecule has 0 rings (SSSR count). The molecule has 120 valence electrons. The van der Waals surface area contributed by atoms with Gasteiger partial charge < -0.3 is 25.9 Å². The summed E-state index contributed by atoms with van der Waals surface area (Å²) in [6, 6.07) is 0.00679. The second-order valence-electron chi connectivity index (χ2n) is 4.16. The molecule has 0 saturated heterocycles. The van der Waals surface area contributed by atoms with Gasteiger partial charge in [-0.15, -0.1) is 0 Å². The number of carboxylic acid groups (broad SMARTS) is 1. The highest BCUT2D eigenvalue weighted by atomic mass is 16.5. The van der Waals surface area contributed by atoms with E-state index >= 15 is 0 Å². The Morgan fingerprint density at radius 2 is 1.70 bits per heavy atom. The van der Waals surface area contributed by atoms with Gasteiger partial charge in [0.1, 0.15) is 6.29 Å². The van der Waals surface area contributed by atoms with Crippen LogP contribution in [0.3, 0.4) is 0 Å². The Morgan fingerprint density at radius 3 is 2.00 bits per heavy atom. The number of nitrogens with one attached hydrogen (secondary N) is 1. The fraction of sp³-hybridized carbons (Fsp3) is 0.769. The number of aliphatic carboxylic acids is 1. The van der Waals surface area contributed by atoms with E-state index in [0.717, 1.165) is 32.5 Å². The van der Waals surface area contributed by atoms with E-state index in [0.29, 0.717) is 6.54 Å². The van der Waals surface area contributed by atoms with Crippen molar-refractivity contribution in [1.82, 2.24) is 10.2 Å². The minimum absolute atomic E-state index is 0.00421. The van der Waals surface area contributed by atoms with Crippen LogP contribution >= 0.6 is 0 Å². The molecule has 0 aliphatic rings. The molecule has 0 radical (unpaired) electrons. The Bertz CT molecular complexity index is 254. The molecule has 7 heteroatoms. The second kappa shape index (κ2) is 17.5. The lowest BCUT2D eigenvalue weighted by atomic mass is 10.1. The Hall–Kier alpha value is -1.47. The van der Waals surface area contributed by atoms with E-state index in [-0.39, 0.29) is 11.9 Å². The summed E-state index contributed by atoms with van der Waals surface area (Å²) in [6.45, 7) is 3.29. The zero-order valence-corrected chi connectivity index (χ0v) is 13.2. The Kier molecular flexibility index (Phi) is 20.7. The van der Waals surface area contributed by atoms with Gasteiger partial charge in [-0.3, -0.25) is 9.59 Å². The highest BCUT2D eigenvalue weighted by Crippen LogP contribution is 2.02. The van der Waals surface area contributed by atoms with Crippen molar-refractivity contribution in [3.05, 3.63) is 0 Å². The van der Waals surface area contributed by atoms with Gasteiger partial charge in [-0.05, 0) is 40.4 Å². The number of unbranched alkanes of at least 4 members (excludes halogenated alkanes) is 1. The molecule has 0 bridgehead atoms. The van der Waals surface area contributed by atoms with Crippen LogP contribution in [0.1, 0.15) is 33.1 Å². The summed E-state index contributed by atoms with van der Waals surface area (Å²) in [6.07, 6.45) is 3.72. The first-order valence-electron chi connectivity index (χ1n) is 6.44. The molecule has 0 aromatic heterocycles. The van der Waals surface area contributed by atoms with Crippen LogP contribution in [-0.2, 0) is 14.4 Å². The number of nitrogens with two attached hydrogens (primary N) is 1. The van der Waals surface area contributed by atoms with Crippen molar-refractivity contribution in [3.8, 4) is 0 Å². The van der Waals surface area contributed by atoms with Crippen molar-refractivity contribution in [1.29, 1.82) is 0 Å². The number of likely N-dealkylation sites (N-methyl/N-ethyl adjacent to an activating group) is 1. The summed E-state index contributed by atoms with van der Waals surface area (Å²) < 4.78 is 0. The van der Waals surface area contributed by atoms with Crippen molar-refractivity contribution < 1.29 is 19.5 Å². The van der Waals surface area contributed by atoms with Gasteiger partial charge in [-0.25, -0.2) is 0 Å². The third-order valence-electron chi connectivity index (χ3n) is 2.12. The maximum Gasteiger partial charge on any atom is 0.300 e. The van der Waals surface area contributed by atoms with E-state index in [1.54, 1.807) is 0 Å². The number of nitrogens with zero attached hydrogens (tertiary/aromatic N) is 1. The molecular weight excluding hydrogens is 266 g/mol. The van der Waals surface area contributed by atoms with E-state index in [2.05, 4.69) is 11.1 Å². The summed E-state index contributed by atoms with van der Waals surface area (Å²) in [4.78, 5) is 32.0. The Morgan fingerprint density at radius 1 is 1.25 bits per heavy atom. The van der Waals surface area contributed by atoms with Gasteiger partial charge in [0.25, 0.3) is 5.97 Å². The number of carbonyl (C=O) groups excluding carboxylic acids is 2. The van der Waals surface area contributed by atoms with Crippen LogP contribution in [0.5, 0.6) is 0 Å². The topological polar surface area (TPSA) is 113 Å². The highest BCUT2D eigenvalue weighted by Gasteiger charge is 2.08. The van der Waals surface area contributed by atoms with Crippen LogP contribution < -0.4 is 11.1 Å². The van der Waals surface area contributed by atoms with E-state index < -0.39 is 5.97 Å². The molecule has 0 saturated carbocycles. The molecule has 0 aromatic carbocycles. The molecule has 0 spiro atoms. The quantitative estimate of drug-likeness (QED) is 0.265. The SMILES string of the molecule is CC(=O)NCCCCC(C=O)N(C)C.[13CH3][13C](=O)O.[13CH3][15NH2]. The molecule has 0 aromatic rings.